The van der Waals surface area contributed by atoms with Gasteiger partial charge in [-0.05, 0) is 23.3 Å². The predicted octanol–water partition coefficient (Wildman–Crippen LogP) is 4.16. The van der Waals surface area contributed by atoms with E-state index >= 15 is 0 Å². The Labute approximate surface area is 193 Å². The molecule has 2 amide bonds. The second kappa shape index (κ2) is 10.4. The van der Waals surface area contributed by atoms with E-state index in [0.29, 0.717) is 43.3 Å². The van der Waals surface area contributed by atoms with Crippen LogP contribution in [0.4, 0.5) is 0 Å². The molecule has 1 N–H and O–H groups in total. The molecule has 0 aromatic heterocycles. The highest BCUT2D eigenvalue weighted by Crippen LogP contribution is 2.24. The van der Waals surface area contributed by atoms with Gasteiger partial charge in [-0.3, -0.25) is 14.5 Å². The largest absolute Gasteiger partial charge is 0.350 e. The van der Waals surface area contributed by atoms with Crippen LogP contribution in [-0.2, 0) is 11.3 Å². The maximum atomic E-state index is 13.2. The molecule has 32 heavy (non-hydrogen) atoms. The molecule has 0 radical (unpaired) electrons. The lowest BCUT2D eigenvalue weighted by Crippen LogP contribution is -2.52. The van der Waals surface area contributed by atoms with Crippen molar-refractivity contribution in [1.82, 2.24) is 15.1 Å². The lowest BCUT2D eigenvalue weighted by Gasteiger charge is -2.39. The minimum atomic E-state index is -0.405. The molecule has 164 valence electrons. The fourth-order valence-corrected chi connectivity index (χ4v) is 4.25. The number of piperazine rings is 1. The summed E-state index contributed by atoms with van der Waals surface area (Å²) in [6.07, 6.45) is 0. The molecule has 1 aliphatic rings. The van der Waals surface area contributed by atoms with Crippen molar-refractivity contribution in [2.45, 2.75) is 12.6 Å². The zero-order chi connectivity index (χ0) is 22.3. The van der Waals surface area contributed by atoms with Gasteiger partial charge in [-0.15, -0.1) is 0 Å². The van der Waals surface area contributed by atoms with Gasteiger partial charge < -0.3 is 10.2 Å². The first-order valence-corrected chi connectivity index (χ1v) is 11.2. The van der Waals surface area contributed by atoms with Gasteiger partial charge in [0.15, 0.2) is 0 Å². The topological polar surface area (TPSA) is 52.7 Å². The highest BCUT2D eigenvalue weighted by Gasteiger charge is 2.32. The van der Waals surface area contributed by atoms with Crippen molar-refractivity contribution in [3.8, 4) is 0 Å². The highest BCUT2D eigenvalue weighted by atomic mass is 35.5. The minimum absolute atomic E-state index is 0.0362. The van der Waals surface area contributed by atoms with Crippen molar-refractivity contribution >= 4 is 23.4 Å². The van der Waals surface area contributed by atoms with Crippen LogP contribution in [0.3, 0.4) is 0 Å². The van der Waals surface area contributed by atoms with Gasteiger partial charge in [0.05, 0.1) is 10.6 Å². The number of halogens is 1. The first-order valence-electron chi connectivity index (χ1n) is 10.8. The normalized spacial score (nSPS) is 15.2. The molecular formula is C26H26ClN3O2. The summed E-state index contributed by atoms with van der Waals surface area (Å²) in [5.41, 5.74) is 2.52. The molecule has 0 bridgehead atoms. The van der Waals surface area contributed by atoms with E-state index in [0.717, 1.165) is 11.1 Å². The molecule has 1 fully saturated rings. The molecule has 0 spiro atoms. The van der Waals surface area contributed by atoms with Crippen molar-refractivity contribution < 1.29 is 9.59 Å². The first kappa shape index (κ1) is 22.1. The van der Waals surface area contributed by atoms with Crippen LogP contribution in [-0.4, -0.2) is 47.8 Å². The lowest BCUT2D eigenvalue weighted by atomic mass is 10.0. The number of hydrogen-bond donors (Lipinski definition) is 1. The molecule has 1 aliphatic heterocycles. The van der Waals surface area contributed by atoms with Crippen LogP contribution in [0.1, 0.15) is 27.5 Å². The van der Waals surface area contributed by atoms with Crippen LogP contribution in [0.2, 0.25) is 5.02 Å². The van der Waals surface area contributed by atoms with E-state index in [1.54, 1.807) is 12.1 Å². The SMILES string of the molecule is O=C(NCc1ccccc1)[C@H](c1ccccc1)N1CCN(C(=O)c2ccccc2Cl)CC1. The Morgan fingerprint density at radius 2 is 1.41 bits per heavy atom. The van der Waals surface area contributed by atoms with Gasteiger partial charge in [0.25, 0.3) is 5.91 Å². The molecule has 1 saturated heterocycles. The van der Waals surface area contributed by atoms with Crippen LogP contribution in [0.25, 0.3) is 0 Å². The standard InChI is InChI=1S/C26H26ClN3O2/c27-23-14-8-7-13-22(23)26(32)30-17-15-29(16-18-30)24(21-11-5-2-6-12-21)25(31)28-19-20-9-3-1-4-10-20/h1-14,24H,15-19H2,(H,28,31)/t24-/m0/s1. The van der Waals surface area contributed by atoms with Gasteiger partial charge in [0, 0.05) is 32.7 Å². The van der Waals surface area contributed by atoms with Crippen LogP contribution >= 0.6 is 11.6 Å². The van der Waals surface area contributed by atoms with Gasteiger partial charge in [-0.2, -0.15) is 0 Å². The summed E-state index contributed by atoms with van der Waals surface area (Å²) < 4.78 is 0. The van der Waals surface area contributed by atoms with Crippen molar-refractivity contribution in [2.75, 3.05) is 26.2 Å². The number of rotatable bonds is 6. The second-order valence-electron chi connectivity index (χ2n) is 7.82. The summed E-state index contributed by atoms with van der Waals surface area (Å²) in [5, 5.41) is 3.54. The number of nitrogens with one attached hydrogen (secondary N) is 1. The Morgan fingerprint density at radius 3 is 2.06 bits per heavy atom. The molecular weight excluding hydrogens is 422 g/mol. The van der Waals surface area contributed by atoms with Crippen LogP contribution in [0.15, 0.2) is 84.9 Å². The fraction of sp³-hybridized carbons (Fsp3) is 0.231. The van der Waals surface area contributed by atoms with Gasteiger partial charge >= 0.3 is 0 Å². The maximum absolute atomic E-state index is 13.2. The molecule has 5 nitrogen and oxygen atoms in total. The van der Waals surface area contributed by atoms with Crippen LogP contribution in [0, 0.1) is 0 Å². The van der Waals surface area contributed by atoms with Crippen LogP contribution in [0.5, 0.6) is 0 Å². The average molecular weight is 448 g/mol. The highest BCUT2D eigenvalue weighted by molar-refractivity contribution is 6.33. The summed E-state index contributed by atoms with van der Waals surface area (Å²) in [4.78, 5) is 30.1. The molecule has 3 aromatic rings. The zero-order valence-electron chi connectivity index (χ0n) is 17.8. The Balaban J connectivity index is 1.45. The number of benzene rings is 3. The molecule has 3 aromatic carbocycles. The first-order chi connectivity index (χ1) is 15.6. The van der Waals surface area contributed by atoms with E-state index in [1.807, 2.05) is 77.7 Å². The molecule has 0 saturated carbocycles. The molecule has 1 atom stereocenters. The number of amides is 2. The minimum Gasteiger partial charge on any atom is -0.350 e. The predicted molar refractivity (Wildman–Crippen MR) is 126 cm³/mol. The van der Waals surface area contributed by atoms with Gasteiger partial charge in [-0.1, -0.05) is 84.4 Å². The summed E-state index contributed by atoms with van der Waals surface area (Å²) in [6.45, 7) is 2.77. The zero-order valence-corrected chi connectivity index (χ0v) is 18.5. The van der Waals surface area contributed by atoms with Crippen molar-refractivity contribution in [2.24, 2.45) is 0 Å². The monoisotopic (exact) mass is 447 g/mol. The third kappa shape index (κ3) is 5.18. The smallest absolute Gasteiger partial charge is 0.255 e. The van der Waals surface area contributed by atoms with Crippen molar-refractivity contribution in [1.29, 1.82) is 0 Å². The van der Waals surface area contributed by atoms with E-state index in [-0.39, 0.29) is 11.8 Å². The fourth-order valence-electron chi connectivity index (χ4n) is 4.03. The Bertz CT molecular complexity index is 1050. The average Bonchev–Trinajstić information content (AvgIpc) is 2.84. The molecule has 6 heteroatoms. The van der Waals surface area contributed by atoms with E-state index < -0.39 is 6.04 Å². The number of hydrogen-bond acceptors (Lipinski definition) is 3. The van der Waals surface area contributed by atoms with Crippen LogP contribution < -0.4 is 5.32 Å². The quantitative estimate of drug-likeness (QED) is 0.617. The van der Waals surface area contributed by atoms with Gasteiger partial charge in [0.1, 0.15) is 6.04 Å². The Hall–Kier alpha value is -3.15. The summed E-state index contributed by atoms with van der Waals surface area (Å²) in [6, 6.07) is 26.4. The van der Waals surface area contributed by atoms with E-state index in [9.17, 15) is 9.59 Å². The maximum Gasteiger partial charge on any atom is 0.255 e. The summed E-state index contributed by atoms with van der Waals surface area (Å²) in [7, 11) is 0. The third-order valence-electron chi connectivity index (χ3n) is 5.74. The summed E-state index contributed by atoms with van der Waals surface area (Å²) in [5.74, 6) is -0.106. The summed E-state index contributed by atoms with van der Waals surface area (Å²) >= 11 is 6.21. The third-order valence-corrected chi connectivity index (χ3v) is 6.07. The molecule has 0 unspecified atom stereocenters. The number of nitrogens with zero attached hydrogens (tertiary/aromatic N) is 2. The second-order valence-corrected chi connectivity index (χ2v) is 8.23. The van der Waals surface area contributed by atoms with E-state index in [4.69, 9.17) is 11.6 Å². The molecule has 0 aliphatic carbocycles. The number of carbonyl (C=O) groups is 2. The molecule has 1 heterocycles. The lowest BCUT2D eigenvalue weighted by molar-refractivity contribution is -0.127. The molecule has 4 rings (SSSR count). The van der Waals surface area contributed by atoms with Crippen molar-refractivity contribution in [3.63, 3.8) is 0 Å². The van der Waals surface area contributed by atoms with E-state index in [2.05, 4.69) is 10.2 Å². The Kier molecular flexibility index (Phi) is 7.20. The Morgan fingerprint density at radius 1 is 0.812 bits per heavy atom. The van der Waals surface area contributed by atoms with Crippen molar-refractivity contribution in [3.05, 3.63) is 107 Å². The van der Waals surface area contributed by atoms with Gasteiger partial charge in [0.2, 0.25) is 5.91 Å². The van der Waals surface area contributed by atoms with E-state index in [1.165, 1.54) is 0 Å². The number of carbonyl (C=O) groups excluding carboxylic acids is 2. The van der Waals surface area contributed by atoms with Gasteiger partial charge in [-0.25, -0.2) is 0 Å².